The molecule has 0 saturated heterocycles. The Kier molecular flexibility index (Phi) is 2.70. The molecule has 0 spiro atoms. The van der Waals surface area contributed by atoms with E-state index in [2.05, 4.69) is 26.0 Å². The van der Waals surface area contributed by atoms with Crippen LogP contribution in [0.2, 0.25) is 0 Å². The summed E-state index contributed by atoms with van der Waals surface area (Å²) in [5.41, 5.74) is 9.86. The molecule has 1 aromatic carbocycles. The fourth-order valence-corrected chi connectivity index (χ4v) is 2.22. The van der Waals surface area contributed by atoms with Crippen molar-refractivity contribution in [2.45, 2.75) is 32.7 Å². The Hall–Kier alpha value is -1.02. The zero-order chi connectivity index (χ0) is 11.0. The molecule has 15 heavy (non-hydrogen) atoms. The van der Waals surface area contributed by atoms with Gasteiger partial charge in [0.05, 0.1) is 7.11 Å². The van der Waals surface area contributed by atoms with Crippen LogP contribution in [0.1, 0.15) is 35.6 Å². The molecule has 1 atom stereocenters. The first-order valence-corrected chi connectivity index (χ1v) is 5.54. The van der Waals surface area contributed by atoms with Crippen molar-refractivity contribution in [3.05, 3.63) is 28.8 Å². The first kappa shape index (κ1) is 10.5. The molecular formula is C13H19NO. The molecule has 1 unspecified atom stereocenters. The summed E-state index contributed by atoms with van der Waals surface area (Å²) in [7, 11) is 1.72. The molecule has 1 aromatic rings. The highest BCUT2D eigenvalue weighted by molar-refractivity contribution is 5.45. The van der Waals surface area contributed by atoms with E-state index in [9.17, 15) is 0 Å². The van der Waals surface area contributed by atoms with Gasteiger partial charge < -0.3 is 10.5 Å². The average Bonchev–Trinajstić information content (AvgIpc) is 2.98. The molecule has 1 fully saturated rings. The van der Waals surface area contributed by atoms with Crippen molar-refractivity contribution in [2.75, 3.05) is 7.11 Å². The third-order valence-corrected chi connectivity index (χ3v) is 3.14. The smallest absolute Gasteiger partial charge is 0.126 e. The van der Waals surface area contributed by atoms with Gasteiger partial charge in [-0.15, -0.1) is 0 Å². The molecule has 0 aliphatic heterocycles. The summed E-state index contributed by atoms with van der Waals surface area (Å²) in [5.74, 6) is 1.64. The Balaban J connectivity index is 2.42. The molecule has 0 radical (unpaired) electrons. The number of hydrogen-bond donors (Lipinski definition) is 1. The predicted molar refractivity (Wildman–Crippen MR) is 62.1 cm³/mol. The van der Waals surface area contributed by atoms with Gasteiger partial charge in [0.15, 0.2) is 0 Å². The summed E-state index contributed by atoms with van der Waals surface area (Å²) >= 11 is 0. The standard InChI is InChI=1S/C13H19NO/c1-8-6-9(2)13(15-3)11(7-8)12(14)10-4-5-10/h6-7,10,12H,4-5,14H2,1-3H3. The molecule has 0 amide bonds. The van der Waals surface area contributed by atoms with Crippen molar-refractivity contribution >= 4 is 0 Å². The molecule has 1 aliphatic carbocycles. The normalized spacial score (nSPS) is 17.6. The van der Waals surface area contributed by atoms with Gasteiger partial charge in [0, 0.05) is 11.6 Å². The Morgan fingerprint density at radius 2 is 2.00 bits per heavy atom. The average molecular weight is 205 g/mol. The van der Waals surface area contributed by atoms with Gasteiger partial charge in [-0.05, 0) is 38.2 Å². The molecular weight excluding hydrogens is 186 g/mol. The van der Waals surface area contributed by atoms with Crippen molar-refractivity contribution in [3.63, 3.8) is 0 Å². The van der Waals surface area contributed by atoms with Crippen LogP contribution in [0.25, 0.3) is 0 Å². The maximum Gasteiger partial charge on any atom is 0.126 e. The summed E-state index contributed by atoms with van der Waals surface area (Å²) in [6, 6.07) is 4.45. The summed E-state index contributed by atoms with van der Waals surface area (Å²) in [6.45, 7) is 4.19. The SMILES string of the molecule is COc1c(C)cc(C)cc1C(N)C1CC1. The van der Waals surface area contributed by atoms with Gasteiger partial charge in [0.1, 0.15) is 5.75 Å². The molecule has 1 saturated carbocycles. The van der Waals surface area contributed by atoms with E-state index in [0.29, 0.717) is 5.92 Å². The number of rotatable bonds is 3. The van der Waals surface area contributed by atoms with Gasteiger partial charge in [-0.2, -0.15) is 0 Å². The van der Waals surface area contributed by atoms with E-state index in [1.54, 1.807) is 7.11 Å². The van der Waals surface area contributed by atoms with Crippen LogP contribution in [0.3, 0.4) is 0 Å². The van der Waals surface area contributed by atoms with Gasteiger partial charge in [0.25, 0.3) is 0 Å². The van der Waals surface area contributed by atoms with Gasteiger partial charge in [0.2, 0.25) is 0 Å². The summed E-state index contributed by atoms with van der Waals surface area (Å²) in [5, 5.41) is 0. The Labute approximate surface area is 91.4 Å². The number of benzene rings is 1. The Morgan fingerprint density at radius 1 is 1.33 bits per heavy atom. The number of hydrogen-bond acceptors (Lipinski definition) is 2. The van der Waals surface area contributed by atoms with Crippen LogP contribution in [-0.2, 0) is 0 Å². The number of ether oxygens (including phenoxy) is 1. The van der Waals surface area contributed by atoms with Crippen LogP contribution in [0.15, 0.2) is 12.1 Å². The summed E-state index contributed by atoms with van der Waals surface area (Å²) in [4.78, 5) is 0. The third kappa shape index (κ3) is 2.00. The highest BCUT2D eigenvalue weighted by Gasteiger charge is 2.31. The van der Waals surface area contributed by atoms with Gasteiger partial charge in [-0.1, -0.05) is 17.7 Å². The van der Waals surface area contributed by atoms with Crippen molar-refractivity contribution in [3.8, 4) is 5.75 Å². The minimum Gasteiger partial charge on any atom is -0.496 e. The van der Waals surface area contributed by atoms with Crippen LogP contribution in [0.5, 0.6) is 5.75 Å². The lowest BCUT2D eigenvalue weighted by Crippen LogP contribution is -2.14. The maximum atomic E-state index is 6.23. The van der Waals surface area contributed by atoms with E-state index in [1.165, 1.54) is 29.5 Å². The lowest BCUT2D eigenvalue weighted by atomic mass is 9.97. The van der Waals surface area contributed by atoms with Crippen LogP contribution < -0.4 is 10.5 Å². The van der Waals surface area contributed by atoms with E-state index in [1.807, 2.05) is 0 Å². The van der Waals surface area contributed by atoms with Crippen LogP contribution in [0.4, 0.5) is 0 Å². The third-order valence-electron chi connectivity index (χ3n) is 3.14. The lowest BCUT2D eigenvalue weighted by Gasteiger charge is -2.18. The van der Waals surface area contributed by atoms with Crippen LogP contribution >= 0.6 is 0 Å². The number of nitrogens with two attached hydrogens (primary N) is 1. The van der Waals surface area contributed by atoms with Gasteiger partial charge in [-0.3, -0.25) is 0 Å². The first-order valence-electron chi connectivity index (χ1n) is 5.54. The predicted octanol–water partition coefficient (Wildman–Crippen LogP) is 2.72. The van der Waals surface area contributed by atoms with Crippen molar-refractivity contribution in [1.29, 1.82) is 0 Å². The lowest BCUT2D eigenvalue weighted by molar-refractivity contribution is 0.399. The van der Waals surface area contributed by atoms with Crippen molar-refractivity contribution in [1.82, 2.24) is 0 Å². The molecule has 1 aliphatic rings. The van der Waals surface area contributed by atoms with Crippen molar-refractivity contribution in [2.24, 2.45) is 11.7 Å². The zero-order valence-corrected chi connectivity index (χ0v) is 9.71. The molecule has 0 heterocycles. The highest BCUT2D eigenvalue weighted by atomic mass is 16.5. The number of methoxy groups -OCH3 is 1. The van der Waals surface area contributed by atoms with Crippen molar-refractivity contribution < 1.29 is 4.74 Å². The van der Waals surface area contributed by atoms with E-state index < -0.39 is 0 Å². The highest BCUT2D eigenvalue weighted by Crippen LogP contribution is 2.43. The molecule has 2 rings (SSSR count). The fourth-order valence-electron chi connectivity index (χ4n) is 2.22. The fraction of sp³-hybridized carbons (Fsp3) is 0.538. The van der Waals surface area contributed by atoms with Crippen LogP contribution in [0, 0.1) is 19.8 Å². The summed E-state index contributed by atoms with van der Waals surface area (Å²) < 4.78 is 5.45. The molecule has 82 valence electrons. The maximum absolute atomic E-state index is 6.23. The largest absolute Gasteiger partial charge is 0.496 e. The van der Waals surface area contributed by atoms with Gasteiger partial charge >= 0.3 is 0 Å². The van der Waals surface area contributed by atoms with Crippen LogP contribution in [-0.4, -0.2) is 7.11 Å². The van der Waals surface area contributed by atoms with E-state index >= 15 is 0 Å². The molecule has 2 nitrogen and oxygen atoms in total. The minimum absolute atomic E-state index is 0.151. The molecule has 2 heteroatoms. The Bertz CT molecular complexity index is 369. The topological polar surface area (TPSA) is 35.2 Å². The minimum atomic E-state index is 0.151. The second-order valence-corrected chi connectivity index (χ2v) is 4.57. The van der Waals surface area contributed by atoms with Gasteiger partial charge in [-0.25, -0.2) is 0 Å². The molecule has 0 bridgehead atoms. The van der Waals surface area contributed by atoms with E-state index in [-0.39, 0.29) is 6.04 Å². The van der Waals surface area contributed by atoms with E-state index in [0.717, 1.165) is 5.75 Å². The monoisotopic (exact) mass is 205 g/mol. The second-order valence-electron chi connectivity index (χ2n) is 4.57. The molecule has 2 N–H and O–H groups in total. The van der Waals surface area contributed by atoms with E-state index in [4.69, 9.17) is 10.5 Å². The zero-order valence-electron chi connectivity index (χ0n) is 9.71. The quantitative estimate of drug-likeness (QED) is 0.823. The molecule has 0 aromatic heterocycles. The first-order chi connectivity index (χ1) is 7.13. The number of aryl methyl sites for hydroxylation is 2. The summed E-state index contributed by atoms with van der Waals surface area (Å²) in [6.07, 6.45) is 2.52. The second kappa shape index (κ2) is 3.86. The Morgan fingerprint density at radius 3 is 2.53 bits per heavy atom.